The molecule has 0 aliphatic rings. The van der Waals surface area contributed by atoms with E-state index in [9.17, 15) is 4.79 Å². The van der Waals surface area contributed by atoms with Crippen molar-refractivity contribution >= 4 is 17.4 Å². The first-order valence-electron chi connectivity index (χ1n) is 6.00. The van der Waals surface area contributed by atoms with Gasteiger partial charge in [-0.1, -0.05) is 17.7 Å². The van der Waals surface area contributed by atoms with Crippen molar-refractivity contribution in [2.24, 2.45) is 5.73 Å². The normalized spacial score (nSPS) is 10.2. The third-order valence-corrected chi connectivity index (χ3v) is 2.96. The third kappa shape index (κ3) is 3.39. The van der Waals surface area contributed by atoms with Gasteiger partial charge in [0.05, 0.1) is 12.1 Å². The lowest BCUT2D eigenvalue weighted by Gasteiger charge is -2.11. The van der Waals surface area contributed by atoms with Crippen LogP contribution in [0.4, 0.5) is 0 Å². The van der Waals surface area contributed by atoms with Gasteiger partial charge in [-0.2, -0.15) is 0 Å². The molecule has 2 aromatic rings. The molecule has 20 heavy (non-hydrogen) atoms. The molecule has 3 N–H and O–H groups in total. The zero-order valence-electron chi connectivity index (χ0n) is 10.7. The van der Waals surface area contributed by atoms with Crippen LogP contribution in [0.2, 0.25) is 5.02 Å². The summed E-state index contributed by atoms with van der Waals surface area (Å²) in [4.78, 5) is 11.5. The highest BCUT2D eigenvalue weighted by molar-refractivity contribution is 6.30. The first kappa shape index (κ1) is 14.1. The fraction of sp³-hybridized carbons (Fsp3) is 0.143. The fourth-order valence-corrected chi connectivity index (χ4v) is 1.90. The van der Waals surface area contributed by atoms with E-state index in [0.29, 0.717) is 22.9 Å². The maximum Gasteiger partial charge on any atom is 0.250 e. The van der Waals surface area contributed by atoms with Gasteiger partial charge >= 0.3 is 0 Å². The van der Waals surface area contributed by atoms with Gasteiger partial charge in [0.25, 0.3) is 5.56 Å². The van der Waals surface area contributed by atoms with Gasteiger partial charge in [0, 0.05) is 17.3 Å². The summed E-state index contributed by atoms with van der Waals surface area (Å²) in [6.45, 7) is 0.689. The minimum absolute atomic E-state index is 0.0889. The van der Waals surface area contributed by atoms with Crippen molar-refractivity contribution in [2.45, 2.75) is 6.54 Å². The van der Waals surface area contributed by atoms with Crippen molar-refractivity contribution in [2.75, 3.05) is 6.61 Å². The highest BCUT2D eigenvalue weighted by atomic mass is 35.5. The van der Waals surface area contributed by atoms with Crippen LogP contribution in [0, 0.1) is 5.41 Å². The molecule has 0 saturated carbocycles. The molecule has 1 aromatic heterocycles. The number of nitrogen functional groups attached to an aromatic ring is 1. The summed E-state index contributed by atoms with van der Waals surface area (Å²) >= 11 is 5.90. The van der Waals surface area contributed by atoms with Crippen LogP contribution in [-0.4, -0.2) is 17.0 Å². The second-order valence-corrected chi connectivity index (χ2v) is 4.57. The summed E-state index contributed by atoms with van der Waals surface area (Å²) in [5, 5.41) is 7.98. The Hall–Kier alpha value is -2.27. The molecule has 104 valence electrons. The Bertz CT molecular complexity index is 682. The number of hydrogen-bond donors (Lipinski definition) is 2. The maximum absolute atomic E-state index is 11.5. The van der Waals surface area contributed by atoms with E-state index in [-0.39, 0.29) is 18.0 Å². The maximum atomic E-state index is 11.5. The van der Waals surface area contributed by atoms with E-state index in [4.69, 9.17) is 27.5 Å². The molecule has 0 spiro atoms. The quantitative estimate of drug-likeness (QED) is 0.652. The van der Waals surface area contributed by atoms with Crippen molar-refractivity contribution in [1.29, 1.82) is 5.41 Å². The van der Waals surface area contributed by atoms with Crippen LogP contribution in [0.15, 0.2) is 47.4 Å². The van der Waals surface area contributed by atoms with Crippen LogP contribution in [0.25, 0.3) is 0 Å². The summed E-state index contributed by atoms with van der Waals surface area (Å²) in [5.74, 6) is 0.350. The molecule has 0 saturated heterocycles. The Kier molecular flexibility index (Phi) is 4.42. The standard InChI is InChI=1S/C14H14ClN3O2/c15-10-4-5-11(14(16)17)12(9-10)20-8-7-18-6-2-1-3-13(18)19/h1-6,9H,7-8H2,(H3,16,17). The van der Waals surface area contributed by atoms with Crippen LogP contribution in [0.3, 0.4) is 0 Å². The predicted octanol–water partition coefficient (Wildman–Crippen LogP) is 1.86. The largest absolute Gasteiger partial charge is 0.491 e. The van der Waals surface area contributed by atoms with Gasteiger partial charge in [0.1, 0.15) is 18.2 Å². The molecule has 0 aliphatic carbocycles. The molecule has 0 amide bonds. The van der Waals surface area contributed by atoms with E-state index < -0.39 is 0 Å². The Morgan fingerprint density at radius 1 is 1.35 bits per heavy atom. The highest BCUT2D eigenvalue weighted by Crippen LogP contribution is 2.23. The summed E-state index contributed by atoms with van der Waals surface area (Å²) in [6, 6.07) is 9.83. The van der Waals surface area contributed by atoms with Gasteiger partial charge in [-0.25, -0.2) is 0 Å². The fourth-order valence-electron chi connectivity index (χ4n) is 1.74. The predicted molar refractivity (Wildman–Crippen MR) is 78.7 cm³/mol. The van der Waals surface area contributed by atoms with Gasteiger partial charge in [0.15, 0.2) is 0 Å². The average molecular weight is 292 g/mol. The number of halogens is 1. The van der Waals surface area contributed by atoms with Crippen molar-refractivity contribution in [3.8, 4) is 5.75 Å². The second-order valence-electron chi connectivity index (χ2n) is 4.13. The Balaban J connectivity index is 2.08. The average Bonchev–Trinajstić information content (AvgIpc) is 2.41. The number of amidine groups is 1. The lowest BCUT2D eigenvalue weighted by atomic mass is 10.2. The molecule has 0 unspecified atom stereocenters. The molecule has 1 heterocycles. The van der Waals surface area contributed by atoms with E-state index in [0.717, 1.165) is 0 Å². The molecule has 2 rings (SSSR count). The Labute approximate surface area is 121 Å². The van der Waals surface area contributed by atoms with Gasteiger partial charge < -0.3 is 15.0 Å². The number of benzene rings is 1. The SMILES string of the molecule is N=C(N)c1ccc(Cl)cc1OCCn1ccccc1=O. The van der Waals surface area contributed by atoms with Gasteiger partial charge in [-0.05, 0) is 24.3 Å². The summed E-state index contributed by atoms with van der Waals surface area (Å²) in [5.41, 5.74) is 5.87. The van der Waals surface area contributed by atoms with Crippen molar-refractivity contribution in [1.82, 2.24) is 4.57 Å². The van der Waals surface area contributed by atoms with Gasteiger partial charge in [-0.3, -0.25) is 10.2 Å². The first-order valence-corrected chi connectivity index (χ1v) is 6.38. The Morgan fingerprint density at radius 2 is 2.15 bits per heavy atom. The summed E-state index contributed by atoms with van der Waals surface area (Å²) in [6.07, 6.45) is 1.69. The Morgan fingerprint density at radius 3 is 2.85 bits per heavy atom. The van der Waals surface area contributed by atoms with Crippen LogP contribution in [0.5, 0.6) is 5.75 Å². The summed E-state index contributed by atoms with van der Waals surface area (Å²) in [7, 11) is 0. The number of nitrogens with zero attached hydrogens (tertiary/aromatic N) is 1. The van der Waals surface area contributed by atoms with E-state index in [1.54, 1.807) is 36.5 Å². The molecule has 5 nitrogen and oxygen atoms in total. The van der Waals surface area contributed by atoms with Crippen LogP contribution < -0.4 is 16.0 Å². The highest BCUT2D eigenvalue weighted by Gasteiger charge is 2.07. The number of nitrogens with two attached hydrogens (primary N) is 1. The summed E-state index contributed by atoms with van der Waals surface area (Å²) < 4.78 is 7.11. The molecule has 0 bridgehead atoms. The molecule has 1 aromatic carbocycles. The second kappa shape index (κ2) is 6.25. The smallest absolute Gasteiger partial charge is 0.250 e. The minimum Gasteiger partial charge on any atom is -0.491 e. The third-order valence-electron chi connectivity index (χ3n) is 2.72. The number of hydrogen-bond acceptors (Lipinski definition) is 3. The number of ether oxygens (including phenoxy) is 1. The lowest BCUT2D eigenvalue weighted by molar-refractivity contribution is 0.296. The monoisotopic (exact) mass is 291 g/mol. The molecule has 0 atom stereocenters. The first-order chi connectivity index (χ1) is 9.58. The van der Waals surface area contributed by atoms with Crippen molar-refractivity contribution in [3.05, 3.63) is 63.5 Å². The number of aromatic nitrogens is 1. The molecular formula is C14H14ClN3O2. The topological polar surface area (TPSA) is 81.1 Å². The van der Waals surface area contributed by atoms with Gasteiger partial charge in [0.2, 0.25) is 0 Å². The van der Waals surface area contributed by atoms with E-state index in [1.165, 1.54) is 10.6 Å². The number of rotatable bonds is 5. The van der Waals surface area contributed by atoms with Crippen molar-refractivity contribution < 1.29 is 4.74 Å². The zero-order chi connectivity index (χ0) is 14.5. The molecule has 0 radical (unpaired) electrons. The lowest BCUT2D eigenvalue weighted by Crippen LogP contribution is -2.22. The van der Waals surface area contributed by atoms with Crippen molar-refractivity contribution in [3.63, 3.8) is 0 Å². The zero-order valence-corrected chi connectivity index (χ0v) is 11.4. The number of nitrogens with one attached hydrogen (secondary N) is 1. The molecule has 6 heteroatoms. The van der Waals surface area contributed by atoms with Gasteiger partial charge in [-0.15, -0.1) is 0 Å². The van der Waals surface area contributed by atoms with E-state index >= 15 is 0 Å². The molecular weight excluding hydrogens is 278 g/mol. The van der Waals surface area contributed by atoms with Crippen LogP contribution in [-0.2, 0) is 6.54 Å². The molecule has 0 aliphatic heterocycles. The van der Waals surface area contributed by atoms with E-state index in [1.807, 2.05) is 0 Å². The number of pyridine rings is 1. The molecule has 0 fully saturated rings. The van der Waals surface area contributed by atoms with Crippen LogP contribution >= 0.6 is 11.6 Å². The van der Waals surface area contributed by atoms with E-state index in [2.05, 4.69) is 0 Å². The minimum atomic E-state index is -0.0893. The van der Waals surface area contributed by atoms with Crippen LogP contribution in [0.1, 0.15) is 5.56 Å².